The van der Waals surface area contributed by atoms with Crippen molar-refractivity contribution in [2.45, 2.75) is 46.1 Å². The van der Waals surface area contributed by atoms with E-state index in [0.717, 1.165) is 75.9 Å². The van der Waals surface area contributed by atoms with Crippen LogP contribution in [0.5, 0.6) is 5.88 Å². The second-order valence-electron chi connectivity index (χ2n) is 14.1. The van der Waals surface area contributed by atoms with Crippen molar-refractivity contribution < 1.29 is 14.3 Å². The fourth-order valence-corrected chi connectivity index (χ4v) is 8.42. The van der Waals surface area contributed by atoms with Gasteiger partial charge in [0.2, 0.25) is 22.8 Å². The van der Waals surface area contributed by atoms with Gasteiger partial charge in [-0.1, -0.05) is 41.7 Å². The Kier molecular flexibility index (Phi) is 9.22. The summed E-state index contributed by atoms with van der Waals surface area (Å²) >= 11 is 1.55. The van der Waals surface area contributed by atoms with Gasteiger partial charge in [0.15, 0.2) is 0 Å². The SMILES string of the molecule is CCNc1nnc(-c2ccc(C3=CCN(C(=O)CN4CC[C@]5(CCN(c6ccc7[nH]nc(-c8ccc(OC(C)C)nc8)c7c6)C5=O)C4)CC3)cc2)s1. The first-order valence-electron chi connectivity index (χ1n) is 18.1. The molecule has 3 aliphatic heterocycles. The molecular formula is C39H43N9O3S. The fourth-order valence-electron chi connectivity index (χ4n) is 7.60. The minimum absolute atomic E-state index is 0.0447. The molecule has 3 aromatic heterocycles. The number of rotatable bonds is 10. The molecule has 52 heavy (non-hydrogen) atoms. The third-order valence-electron chi connectivity index (χ3n) is 10.3. The van der Waals surface area contributed by atoms with Crippen molar-refractivity contribution in [2.24, 2.45) is 5.41 Å². The third kappa shape index (κ3) is 6.66. The first-order valence-corrected chi connectivity index (χ1v) is 18.9. The van der Waals surface area contributed by atoms with Gasteiger partial charge in [0.1, 0.15) is 10.7 Å². The Hall–Kier alpha value is -5.14. The number of H-pyrrole nitrogens is 1. The zero-order chi connectivity index (χ0) is 35.8. The summed E-state index contributed by atoms with van der Waals surface area (Å²) in [5, 5.41) is 22.1. The summed E-state index contributed by atoms with van der Waals surface area (Å²) in [6.45, 7) is 10.4. The van der Waals surface area contributed by atoms with Crippen molar-refractivity contribution in [3.8, 4) is 27.7 Å². The summed E-state index contributed by atoms with van der Waals surface area (Å²) in [5.74, 6) is 0.836. The molecule has 2 aromatic carbocycles. The predicted molar refractivity (Wildman–Crippen MR) is 204 cm³/mol. The molecule has 0 aliphatic carbocycles. The van der Waals surface area contributed by atoms with Crippen LogP contribution in [0.15, 0.2) is 66.9 Å². The lowest BCUT2D eigenvalue weighted by Gasteiger charge is -2.29. The number of amides is 2. The van der Waals surface area contributed by atoms with Gasteiger partial charge in [-0.2, -0.15) is 5.10 Å². The van der Waals surface area contributed by atoms with E-state index in [4.69, 9.17) is 4.74 Å². The maximum atomic E-state index is 14.1. The molecule has 0 saturated carbocycles. The van der Waals surface area contributed by atoms with Gasteiger partial charge in [-0.25, -0.2) is 4.98 Å². The summed E-state index contributed by atoms with van der Waals surface area (Å²) in [6, 6.07) is 18.3. The number of likely N-dealkylation sites (tertiary alicyclic amines) is 1. The highest BCUT2D eigenvalue weighted by atomic mass is 32.1. The Labute approximate surface area is 306 Å². The number of anilines is 2. The van der Waals surface area contributed by atoms with Gasteiger partial charge in [-0.3, -0.25) is 19.6 Å². The van der Waals surface area contributed by atoms with Crippen molar-refractivity contribution in [1.29, 1.82) is 0 Å². The number of benzene rings is 2. The number of hydrogen-bond donors (Lipinski definition) is 2. The van der Waals surface area contributed by atoms with Crippen LogP contribution < -0.4 is 15.0 Å². The van der Waals surface area contributed by atoms with Crippen molar-refractivity contribution in [2.75, 3.05) is 56.0 Å². The minimum atomic E-state index is -0.464. The topological polar surface area (TPSA) is 132 Å². The number of aromatic nitrogens is 5. The molecular weight excluding hydrogens is 675 g/mol. The molecule has 268 valence electrons. The van der Waals surface area contributed by atoms with E-state index in [1.54, 1.807) is 17.5 Å². The first-order chi connectivity index (χ1) is 25.3. The van der Waals surface area contributed by atoms with Gasteiger partial charge < -0.3 is 19.9 Å². The lowest BCUT2D eigenvalue weighted by atomic mass is 9.85. The summed E-state index contributed by atoms with van der Waals surface area (Å²) in [5.41, 5.74) is 6.43. The highest BCUT2D eigenvalue weighted by Crippen LogP contribution is 2.43. The molecule has 1 spiro atoms. The molecule has 1 atom stereocenters. The molecule has 13 heteroatoms. The second kappa shape index (κ2) is 14.1. The maximum absolute atomic E-state index is 14.1. The van der Waals surface area contributed by atoms with E-state index in [1.165, 1.54) is 11.1 Å². The van der Waals surface area contributed by atoms with Crippen LogP contribution in [0.3, 0.4) is 0 Å². The predicted octanol–water partition coefficient (Wildman–Crippen LogP) is 6.11. The van der Waals surface area contributed by atoms with Gasteiger partial charge in [0.25, 0.3) is 0 Å². The number of carbonyl (C=O) groups is 2. The molecule has 2 amide bonds. The van der Waals surface area contributed by atoms with Crippen LogP contribution in [-0.4, -0.2) is 98.9 Å². The fraction of sp³-hybridized carbons (Fsp3) is 0.385. The Morgan fingerprint density at radius 3 is 2.58 bits per heavy atom. The summed E-state index contributed by atoms with van der Waals surface area (Å²) in [7, 11) is 0. The number of nitrogens with one attached hydrogen (secondary N) is 2. The zero-order valence-electron chi connectivity index (χ0n) is 29.8. The van der Waals surface area contributed by atoms with Gasteiger partial charge in [0, 0.05) is 67.2 Å². The largest absolute Gasteiger partial charge is 0.475 e. The molecule has 6 heterocycles. The van der Waals surface area contributed by atoms with Crippen LogP contribution in [0.4, 0.5) is 10.8 Å². The first kappa shape index (κ1) is 34.0. The number of aromatic amines is 1. The van der Waals surface area contributed by atoms with E-state index in [9.17, 15) is 9.59 Å². The van der Waals surface area contributed by atoms with E-state index in [-0.39, 0.29) is 17.9 Å². The number of nitrogens with zero attached hydrogens (tertiary/aromatic N) is 7. The van der Waals surface area contributed by atoms with Crippen LogP contribution >= 0.6 is 11.3 Å². The molecule has 0 bridgehead atoms. The van der Waals surface area contributed by atoms with Crippen molar-refractivity contribution in [3.05, 3.63) is 72.4 Å². The molecule has 8 rings (SSSR count). The van der Waals surface area contributed by atoms with Crippen LogP contribution in [0, 0.1) is 5.41 Å². The third-order valence-corrected chi connectivity index (χ3v) is 11.3. The van der Waals surface area contributed by atoms with Crippen molar-refractivity contribution in [3.63, 3.8) is 0 Å². The second-order valence-corrected chi connectivity index (χ2v) is 15.1. The lowest BCUT2D eigenvalue weighted by molar-refractivity contribution is -0.132. The van der Waals surface area contributed by atoms with Crippen molar-refractivity contribution in [1.82, 2.24) is 35.2 Å². The maximum Gasteiger partial charge on any atom is 0.237 e. The number of pyridine rings is 1. The van der Waals surface area contributed by atoms with E-state index < -0.39 is 5.41 Å². The Bertz CT molecular complexity index is 2120. The van der Waals surface area contributed by atoms with Gasteiger partial charge >= 0.3 is 0 Å². The Morgan fingerprint density at radius 2 is 1.83 bits per heavy atom. The van der Waals surface area contributed by atoms with Crippen LogP contribution in [0.25, 0.3) is 38.3 Å². The van der Waals surface area contributed by atoms with E-state index >= 15 is 0 Å². The highest BCUT2D eigenvalue weighted by molar-refractivity contribution is 7.18. The number of hydrogen-bond acceptors (Lipinski definition) is 10. The average Bonchev–Trinajstić information content (AvgIpc) is 3.96. The molecule has 3 aliphatic rings. The monoisotopic (exact) mass is 717 g/mol. The Morgan fingerprint density at radius 1 is 1.02 bits per heavy atom. The summed E-state index contributed by atoms with van der Waals surface area (Å²) in [4.78, 5) is 38.0. The standard InChI is InChI=1S/C39H43N9O3S/c1-4-40-38-45-44-36(52-38)28-7-5-26(6-8-28)27-13-17-47(18-14-27)34(49)23-46-19-15-39(24-46)16-20-48(37(39)50)30-10-11-32-31(21-30)35(43-42-32)29-9-12-33(41-22-29)51-25(2)3/h5-13,21-22,25H,4,14-20,23-24H2,1-3H3,(H,40,45)(H,42,43)/t39-/m0/s1. The number of fused-ring (bicyclic) bond motifs is 1. The zero-order valence-corrected chi connectivity index (χ0v) is 30.6. The quantitative estimate of drug-likeness (QED) is 0.176. The average molecular weight is 718 g/mol. The molecule has 0 unspecified atom stereocenters. The van der Waals surface area contributed by atoms with Gasteiger partial charge in [-0.15, -0.1) is 10.2 Å². The molecule has 0 radical (unpaired) electrons. The smallest absolute Gasteiger partial charge is 0.237 e. The number of ether oxygens (including phenoxy) is 1. The minimum Gasteiger partial charge on any atom is -0.475 e. The lowest BCUT2D eigenvalue weighted by Crippen LogP contribution is -2.43. The number of carbonyl (C=O) groups excluding carboxylic acids is 2. The van der Waals surface area contributed by atoms with Crippen LogP contribution in [0.2, 0.25) is 0 Å². The molecule has 12 nitrogen and oxygen atoms in total. The summed E-state index contributed by atoms with van der Waals surface area (Å²) < 4.78 is 5.70. The van der Waals surface area contributed by atoms with E-state index in [1.807, 2.05) is 60.9 Å². The van der Waals surface area contributed by atoms with E-state index in [0.29, 0.717) is 38.6 Å². The molecule has 5 aromatic rings. The highest BCUT2D eigenvalue weighted by Gasteiger charge is 2.51. The molecule has 2 fully saturated rings. The van der Waals surface area contributed by atoms with Crippen molar-refractivity contribution >= 4 is 50.4 Å². The molecule has 2 N–H and O–H groups in total. The molecule has 2 saturated heterocycles. The van der Waals surface area contributed by atoms with E-state index in [2.05, 4.69) is 65.9 Å². The summed E-state index contributed by atoms with van der Waals surface area (Å²) in [6.07, 6.45) is 6.33. The normalized spacial score (nSPS) is 19.3. The van der Waals surface area contributed by atoms with Crippen LogP contribution in [0.1, 0.15) is 45.6 Å². The van der Waals surface area contributed by atoms with Gasteiger partial charge in [0.05, 0.1) is 23.6 Å². The van der Waals surface area contributed by atoms with Crippen LogP contribution in [-0.2, 0) is 9.59 Å². The van der Waals surface area contributed by atoms with Gasteiger partial charge in [-0.05, 0) is 82.0 Å². The Balaban J connectivity index is 0.876.